The fraction of sp³-hybridized carbons (Fsp3) is 0.412. The number of rotatable bonds is 2. The molecule has 124 valence electrons. The van der Waals surface area contributed by atoms with Gasteiger partial charge in [0.05, 0.1) is 23.6 Å². The summed E-state index contributed by atoms with van der Waals surface area (Å²) in [5, 5.41) is 8.09. The van der Waals surface area contributed by atoms with Crippen LogP contribution in [-0.2, 0) is 0 Å². The Kier molecular flexibility index (Phi) is 3.55. The summed E-state index contributed by atoms with van der Waals surface area (Å²) in [6.07, 6.45) is 6.61. The predicted octanol–water partition coefficient (Wildman–Crippen LogP) is 2.70. The average Bonchev–Trinajstić information content (AvgIpc) is 3.20. The van der Waals surface area contributed by atoms with Crippen molar-refractivity contribution in [2.24, 2.45) is 0 Å². The molecule has 0 saturated carbocycles. The van der Waals surface area contributed by atoms with Crippen molar-refractivity contribution < 1.29 is 9.32 Å². The van der Waals surface area contributed by atoms with Gasteiger partial charge in [-0.2, -0.15) is 5.10 Å². The molecule has 0 N–H and O–H groups in total. The van der Waals surface area contributed by atoms with Gasteiger partial charge in [-0.05, 0) is 39.2 Å². The van der Waals surface area contributed by atoms with Crippen LogP contribution in [0.15, 0.2) is 29.0 Å². The summed E-state index contributed by atoms with van der Waals surface area (Å²) < 4.78 is 6.90. The van der Waals surface area contributed by atoms with Crippen LogP contribution >= 0.6 is 0 Å². The quantitative estimate of drug-likeness (QED) is 0.724. The Morgan fingerprint density at radius 3 is 2.96 bits per heavy atom. The fourth-order valence-corrected chi connectivity index (χ4v) is 3.43. The number of amides is 1. The second-order valence-electron chi connectivity index (χ2n) is 6.20. The summed E-state index contributed by atoms with van der Waals surface area (Å²) in [5.74, 6) is 0.548. The lowest BCUT2D eigenvalue weighted by Gasteiger charge is -2.35. The smallest absolute Gasteiger partial charge is 0.259 e. The van der Waals surface area contributed by atoms with Gasteiger partial charge in [-0.15, -0.1) is 0 Å². The molecule has 4 heterocycles. The molecule has 0 radical (unpaired) electrons. The highest BCUT2D eigenvalue weighted by Crippen LogP contribution is 2.32. The first-order valence-corrected chi connectivity index (χ1v) is 8.19. The Balaban J connectivity index is 1.71. The topological polar surface area (TPSA) is 76.5 Å². The van der Waals surface area contributed by atoms with Gasteiger partial charge in [0.25, 0.3) is 5.91 Å². The molecule has 0 spiro atoms. The number of nitrogens with zero attached hydrogens (tertiary/aromatic N) is 5. The molecule has 7 heteroatoms. The molecule has 1 unspecified atom stereocenters. The van der Waals surface area contributed by atoms with Gasteiger partial charge >= 0.3 is 0 Å². The molecule has 1 atom stereocenters. The van der Waals surface area contributed by atoms with Crippen molar-refractivity contribution >= 4 is 11.6 Å². The molecule has 7 nitrogen and oxygen atoms in total. The Morgan fingerprint density at radius 2 is 2.17 bits per heavy atom. The van der Waals surface area contributed by atoms with Gasteiger partial charge in [0, 0.05) is 18.8 Å². The van der Waals surface area contributed by atoms with Gasteiger partial charge < -0.3 is 9.42 Å². The first kappa shape index (κ1) is 14.9. The van der Waals surface area contributed by atoms with Crippen molar-refractivity contribution in [1.82, 2.24) is 24.7 Å². The largest absolute Gasteiger partial charge is 0.361 e. The third-order valence-electron chi connectivity index (χ3n) is 4.63. The van der Waals surface area contributed by atoms with Crippen molar-refractivity contribution in [2.75, 3.05) is 6.54 Å². The summed E-state index contributed by atoms with van der Waals surface area (Å²) in [6.45, 7) is 4.31. The third-order valence-corrected chi connectivity index (χ3v) is 4.63. The molecule has 1 amide bonds. The monoisotopic (exact) mass is 325 g/mol. The van der Waals surface area contributed by atoms with E-state index in [2.05, 4.69) is 15.2 Å². The minimum Gasteiger partial charge on any atom is -0.361 e. The Hall–Kier alpha value is -2.70. The van der Waals surface area contributed by atoms with E-state index in [1.807, 2.05) is 23.2 Å². The van der Waals surface area contributed by atoms with Crippen LogP contribution in [0.3, 0.4) is 0 Å². The van der Waals surface area contributed by atoms with E-state index in [4.69, 9.17) is 4.52 Å². The molecule has 0 aliphatic carbocycles. The van der Waals surface area contributed by atoms with Crippen LogP contribution < -0.4 is 0 Å². The molecule has 1 fully saturated rings. The van der Waals surface area contributed by atoms with Gasteiger partial charge in [-0.3, -0.25) is 4.79 Å². The molecule has 1 aliphatic heterocycles. The van der Waals surface area contributed by atoms with Crippen molar-refractivity contribution in [1.29, 1.82) is 0 Å². The first-order chi connectivity index (χ1) is 11.6. The van der Waals surface area contributed by atoms with Crippen LogP contribution in [0, 0.1) is 13.8 Å². The second-order valence-corrected chi connectivity index (χ2v) is 6.20. The maximum atomic E-state index is 13.1. The number of piperidine rings is 1. The van der Waals surface area contributed by atoms with Crippen molar-refractivity contribution in [2.45, 2.75) is 39.2 Å². The number of carbonyl (C=O) groups is 1. The van der Waals surface area contributed by atoms with Crippen LogP contribution in [-0.4, -0.2) is 37.1 Å². The minimum atomic E-state index is -0.0279. The molecule has 3 aromatic rings. The molecule has 4 rings (SSSR count). The lowest BCUT2D eigenvalue weighted by atomic mass is 9.97. The minimum absolute atomic E-state index is 0.0221. The molecular weight excluding hydrogens is 306 g/mol. The lowest BCUT2D eigenvalue weighted by Crippen LogP contribution is -2.39. The maximum absolute atomic E-state index is 13.1. The predicted molar refractivity (Wildman–Crippen MR) is 86.6 cm³/mol. The Bertz CT molecular complexity index is 878. The first-order valence-electron chi connectivity index (χ1n) is 8.19. The zero-order valence-corrected chi connectivity index (χ0v) is 13.8. The van der Waals surface area contributed by atoms with E-state index in [-0.39, 0.29) is 11.9 Å². The van der Waals surface area contributed by atoms with E-state index < -0.39 is 0 Å². The summed E-state index contributed by atoms with van der Waals surface area (Å²) >= 11 is 0. The van der Waals surface area contributed by atoms with Gasteiger partial charge in [0.15, 0.2) is 5.65 Å². The van der Waals surface area contributed by atoms with Crippen LogP contribution in [0.25, 0.3) is 5.65 Å². The van der Waals surface area contributed by atoms with Crippen LogP contribution in [0.1, 0.15) is 52.8 Å². The normalized spacial score (nSPS) is 18.2. The number of aromatic nitrogens is 4. The van der Waals surface area contributed by atoms with Gasteiger partial charge in [0.2, 0.25) is 0 Å². The number of fused-ring (bicyclic) bond motifs is 1. The molecule has 0 bridgehead atoms. The zero-order chi connectivity index (χ0) is 16.7. The van der Waals surface area contributed by atoms with Gasteiger partial charge in [-0.25, -0.2) is 9.50 Å². The van der Waals surface area contributed by atoms with Crippen LogP contribution in [0.5, 0.6) is 0 Å². The third kappa shape index (κ3) is 2.36. The van der Waals surface area contributed by atoms with E-state index in [1.165, 1.54) is 0 Å². The highest BCUT2D eigenvalue weighted by atomic mass is 16.5. The summed E-state index contributed by atoms with van der Waals surface area (Å²) in [4.78, 5) is 19.7. The van der Waals surface area contributed by atoms with E-state index in [0.29, 0.717) is 17.0 Å². The number of hydrogen-bond donors (Lipinski definition) is 0. The van der Waals surface area contributed by atoms with E-state index in [9.17, 15) is 4.79 Å². The average molecular weight is 325 g/mol. The van der Waals surface area contributed by atoms with E-state index in [1.54, 1.807) is 24.6 Å². The Labute approximate surface area is 139 Å². The zero-order valence-electron chi connectivity index (χ0n) is 13.8. The number of aryl methyl sites for hydroxylation is 2. The highest BCUT2D eigenvalue weighted by molar-refractivity contribution is 5.96. The molecule has 1 aliphatic rings. The van der Waals surface area contributed by atoms with Crippen molar-refractivity contribution in [3.8, 4) is 0 Å². The van der Waals surface area contributed by atoms with Crippen molar-refractivity contribution in [3.63, 3.8) is 0 Å². The number of hydrogen-bond acceptors (Lipinski definition) is 5. The highest BCUT2D eigenvalue weighted by Gasteiger charge is 2.32. The van der Waals surface area contributed by atoms with E-state index >= 15 is 0 Å². The standard InChI is InChI=1S/C17H19N5O2/c1-11-16(12(2)24-20-11)17(23)21-9-4-3-5-14(21)13-7-10-22-15(19-13)6-8-18-22/h6-8,10,14H,3-5,9H2,1-2H3. The van der Waals surface area contributed by atoms with Gasteiger partial charge in [0.1, 0.15) is 11.3 Å². The van der Waals surface area contributed by atoms with Crippen molar-refractivity contribution in [3.05, 3.63) is 47.2 Å². The van der Waals surface area contributed by atoms with Crippen LogP contribution in [0.2, 0.25) is 0 Å². The molecular formula is C17H19N5O2. The van der Waals surface area contributed by atoms with E-state index in [0.717, 1.165) is 37.1 Å². The molecule has 1 saturated heterocycles. The molecule has 3 aromatic heterocycles. The molecule has 24 heavy (non-hydrogen) atoms. The van der Waals surface area contributed by atoms with Gasteiger partial charge in [-0.1, -0.05) is 5.16 Å². The number of likely N-dealkylation sites (tertiary alicyclic amines) is 1. The number of carbonyl (C=O) groups excluding carboxylic acids is 1. The Morgan fingerprint density at radius 1 is 1.29 bits per heavy atom. The summed E-state index contributed by atoms with van der Waals surface area (Å²) in [5.41, 5.74) is 2.92. The SMILES string of the molecule is Cc1noc(C)c1C(=O)N1CCCCC1c1ccn2nccc2n1. The van der Waals surface area contributed by atoms with Crippen LogP contribution in [0.4, 0.5) is 0 Å². The lowest BCUT2D eigenvalue weighted by molar-refractivity contribution is 0.0603. The second kappa shape index (κ2) is 5.74. The summed E-state index contributed by atoms with van der Waals surface area (Å²) in [7, 11) is 0. The maximum Gasteiger partial charge on any atom is 0.259 e. The summed E-state index contributed by atoms with van der Waals surface area (Å²) in [6, 6.07) is 3.79. The fourth-order valence-electron chi connectivity index (χ4n) is 3.43. The molecule has 0 aromatic carbocycles.